The van der Waals surface area contributed by atoms with Crippen LogP contribution in [0.25, 0.3) is 20.9 Å². The number of aryl methyl sites for hydroxylation is 2. The third-order valence-electron chi connectivity index (χ3n) is 6.79. The fourth-order valence-electron chi connectivity index (χ4n) is 4.80. The van der Waals surface area contributed by atoms with Gasteiger partial charge in [0.2, 0.25) is 5.89 Å². The maximum Gasteiger partial charge on any atom is 0.275 e. The van der Waals surface area contributed by atoms with E-state index in [1.165, 1.54) is 22.3 Å². The summed E-state index contributed by atoms with van der Waals surface area (Å²) in [6.45, 7) is 3.06. The zero-order chi connectivity index (χ0) is 27.6. The average Bonchev–Trinajstić information content (AvgIpc) is 3.57. The van der Waals surface area contributed by atoms with Crippen molar-refractivity contribution in [3.05, 3.63) is 63.9 Å². The van der Waals surface area contributed by atoms with E-state index in [1.54, 1.807) is 13.3 Å². The lowest BCUT2D eigenvalue weighted by Crippen LogP contribution is -2.29. The zero-order valence-electron chi connectivity index (χ0n) is 22.1. The molecule has 1 saturated heterocycles. The van der Waals surface area contributed by atoms with Crippen LogP contribution >= 0.6 is 11.3 Å². The van der Waals surface area contributed by atoms with E-state index in [9.17, 15) is 13.2 Å². The summed E-state index contributed by atoms with van der Waals surface area (Å²) in [6, 6.07) is 7.70. The van der Waals surface area contributed by atoms with E-state index < -0.39 is 15.9 Å². The first-order chi connectivity index (χ1) is 18.7. The lowest BCUT2D eigenvalue weighted by Gasteiger charge is -2.29. The molecular formula is C27H31N3O7S2. The number of fused-ring (bicyclic) bond motifs is 1. The third-order valence-corrected chi connectivity index (χ3v) is 9.04. The minimum Gasteiger partial charge on any atom is -0.496 e. The summed E-state index contributed by atoms with van der Waals surface area (Å²) in [7, 11) is -1.69. The van der Waals surface area contributed by atoms with Crippen LogP contribution < -0.4 is 10.3 Å². The van der Waals surface area contributed by atoms with Crippen molar-refractivity contribution in [3.8, 4) is 16.5 Å². The van der Waals surface area contributed by atoms with Crippen molar-refractivity contribution in [1.29, 1.82) is 0 Å². The molecule has 4 heterocycles. The van der Waals surface area contributed by atoms with Crippen LogP contribution in [0.4, 0.5) is 0 Å². The van der Waals surface area contributed by atoms with Gasteiger partial charge in [-0.2, -0.15) is 5.10 Å². The van der Waals surface area contributed by atoms with Crippen LogP contribution in [-0.4, -0.2) is 61.6 Å². The molecule has 12 heteroatoms. The molecule has 0 N–H and O–H groups in total. The highest BCUT2D eigenvalue weighted by atomic mass is 32.2. The van der Waals surface area contributed by atoms with E-state index in [2.05, 4.69) is 4.98 Å². The number of benzene rings is 1. The molecule has 0 saturated carbocycles. The Morgan fingerprint density at radius 3 is 2.69 bits per heavy atom. The van der Waals surface area contributed by atoms with Gasteiger partial charge in [0.15, 0.2) is 0 Å². The average molecular weight is 574 g/mol. The maximum absolute atomic E-state index is 13.6. The van der Waals surface area contributed by atoms with Crippen LogP contribution in [-0.2, 0) is 32.3 Å². The molecule has 5 rings (SSSR count). The van der Waals surface area contributed by atoms with Crippen molar-refractivity contribution in [3.63, 3.8) is 0 Å². The van der Waals surface area contributed by atoms with E-state index in [0.717, 1.165) is 35.1 Å². The van der Waals surface area contributed by atoms with Crippen LogP contribution in [0.1, 0.15) is 35.8 Å². The largest absolute Gasteiger partial charge is 0.496 e. The number of oxazole rings is 1. The predicted octanol–water partition coefficient (Wildman–Crippen LogP) is 3.95. The highest BCUT2D eigenvalue weighted by molar-refractivity contribution is 7.90. The van der Waals surface area contributed by atoms with Gasteiger partial charge in [-0.05, 0) is 31.4 Å². The van der Waals surface area contributed by atoms with Gasteiger partial charge in [-0.3, -0.25) is 4.79 Å². The summed E-state index contributed by atoms with van der Waals surface area (Å²) >= 11 is 1.39. The number of thiophene rings is 1. The quantitative estimate of drug-likeness (QED) is 0.277. The Morgan fingerprint density at radius 2 is 2.00 bits per heavy atom. The van der Waals surface area contributed by atoms with Crippen molar-refractivity contribution in [2.24, 2.45) is 0 Å². The number of methoxy groups -OCH3 is 1. The van der Waals surface area contributed by atoms with Crippen LogP contribution in [0.15, 0.2) is 45.9 Å². The van der Waals surface area contributed by atoms with Crippen molar-refractivity contribution in [1.82, 2.24) is 14.8 Å². The molecule has 0 radical (unpaired) electrons. The van der Waals surface area contributed by atoms with Crippen molar-refractivity contribution >= 4 is 31.3 Å². The zero-order valence-corrected chi connectivity index (χ0v) is 23.7. The predicted molar refractivity (Wildman–Crippen MR) is 148 cm³/mol. The third kappa shape index (κ3) is 6.08. The molecule has 1 aliphatic heterocycles. The van der Waals surface area contributed by atoms with Gasteiger partial charge >= 0.3 is 0 Å². The smallest absolute Gasteiger partial charge is 0.275 e. The van der Waals surface area contributed by atoms with E-state index in [4.69, 9.17) is 23.7 Å². The number of para-hydroxylation sites is 1. The second-order valence-corrected chi connectivity index (χ2v) is 12.9. The van der Waals surface area contributed by atoms with Gasteiger partial charge in [0.1, 0.15) is 21.8 Å². The topological polar surface area (TPSA) is 123 Å². The summed E-state index contributed by atoms with van der Waals surface area (Å²) in [5, 5.41) is 5.19. The fraction of sp³-hybridized carbons (Fsp3) is 0.444. The Kier molecular flexibility index (Phi) is 8.17. The second kappa shape index (κ2) is 11.6. The Hall–Kier alpha value is -3.06. The molecule has 0 bridgehead atoms. The molecule has 1 aliphatic rings. The molecule has 4 aromatic rings. The SMILES string of the molecule is COc1ccccc1[C@H](Cc1nn(CCS(C)(=O)=O)c(=O)c2c(C)c(-c3ncco3)sc12)OC1CCOCC1. The molecule has 0 amide bonds. The van der Waals surface area contributed by atoms with E-state index >= 15 is 0 Å². The summed E-state index contributed by atoms with van der Waals surface area (Å²) in [5.41, 5.74) is 1.88. The lowest BCUT2D eigenvalue weighted by molar-refractivity contribution is -0.0702. The standard InChI is InChI=1S/C27H31N3O7S2/c1-17-23-25(38-24(17)26-28-10-14-36-26)20(29-30(27(23)31)11-15-39(3,32)33)16-22(37-18-8-12-35-13-9-18)19-6-4-5-7-21(19)34-2/h4-7,10,14,18,22H,8-9,11-13,15-16H2,1-3H3/t22-/m0/s1. The van der Waals surface area contributed by atoms with E-state index in [1.807, 2.05) is 31.2 Å². The van der Waals surface area contributed by atoms with Crippen molar-refractivity contribution in [2.45, 2.75) is 44.9 Å². The minimum absolute atomic E-state index is 0.00626. The van der Waals surface area contributed by atoms with Gasteiger partial charge in [0.05, 0.1) is 58.5 Å². The Bertz CT molecular complexity index is 1600. The fourth-order valence-corrected chi connectivity index (χ4v) is 6.54. The van der Waals surface area contributed by atoms with Gasteiger partial charge in [0.25, 0.3) is 5.56 Å². The molecule has 1 aromatic carbocycles. The molecule has 1 fully saturated rings. The molecule has 0 aliphatic carbocycles. The normalized spacial score (nSPS) is 15.6. The molecule has 39 heavy (non-hydrogen) atoms. The van der Waals surface area contributed by atoms with Crippen LogP contribution in [0, 0.1) is 6.92 Å². The van der Waals surface area contributed by atoms with Gasteiger partial charge in [-0.25, -0.2) is 18.1 Å². The molecule has 0 unspecified atom stereocenters. The number of rotatable bonds is 10. The van der Waals surface area contributed by atoms with Crippen LogP contribution in [0.3, 0.4) is 0 Å². The van der Waals surface area contributed by atoms with Crippen molar-refractivity contribution in [2.75, 3.05) is 32.3 Å². The Morgan fingerprint density at radius 1 is 1.23 bits per heavy atom. The number of aromatic nitrogens is 3. The van der Waals surface area contributed by atoms with Crippen molar-refractivity contribution < 1.29 is 27.0 Å². The van der Waals surface area contributed by atoms with E-state index in [0.29, 0.717) is 47.1 Å². The van der Waals surface area contributed by atoms with Gasteiger partial charge in [-0.15, -0.1) is 11.3 Å². The van der Waals surface area contributed by atoms with Gasteiger partial charge in [-0.1, -0.05) is 18.2 Å². The summed E-state index contributed by atoms with van der Waals surface area (Å²) in [5.74, 6) is 0.912. The Balaban J connectivity index is 1.64. The lowest BCUT2D eigenvalue weighted by atomic mass is 10.0. The van der Waals surface area contributed by atoms with Gasteiger partial charge in [0, 0.05) is 31.5 Å². The molecule has 3 aromatic heterocycles. The molecule has 10 nitrogen and oxygen atoms in total. The maximum atomic E-state index is 13.6. The number of ether oxygens (including phenoxy) is 3. The molecule has 1 atom stereocenters. The monoisotopic (exact) mass is 573 g/mol. The summed E-state index contributed by atoms with van der Waals surface area (Å²) < 4.78 is 49.2. The number of nitrogens with zero attached hydrogens (tertiary/aromatic N) is 3. The molecule has 208 valence electrons. The van der Waals surface area contributed by atoms with Crippen LogP contribution in [0.2, 0.25) is 0 Å². The molecule has 0 spiro atoms. The highest BCUT2D eigenvalue weighted by Crippen LogP contribution is 2.39. The van der Waals surface area contributed by atoms with Crippen LogP contribution in [0.5, 0.6) is 5.75 Å². The summed E-state index contributed by atoms with van der Waals surface area (Å²) in [4.78, 5) is 18.6. The number of hydrogen-bond acceptors (Lipinski definition) is 10. The first kappa shape index (κ1) is 27.5. The first-order valence-corrected chi connectivity index (χ1v) is 15.6. The van der Waals surface area contributed by atoms with E-state index in [-0.39, 0.29) is 24.0 Å². The number of hydrogen-bond donors (Lipinski definition) is 0. The minimum atomic E-state index is -3.31. The highest BCUT2D eigenvalue weighted by Gasteiger charge is 2.28. The second-order valence-electron chi connectivity index (χ2n) is 9.58. The van der Waals surface area contributed by atoms with Gasteiger partial charge < -0.3 is 18.6 Å². The Labute approximate surface area is 230 Å². The summed E-state index contributed by atoms with van der Waals surface area (Å²) in [6.07, 6.45) is 5.65. The molecular weight excluding hydrogens is 542 g/mol. The first-order valence-electron chi connectivity index (χ1n) is 12.7. The number of sulfone groups is 1.